The number of anilines is 3. The maximum absolute atomic E-state index is 13.0. The van der Waals surface area contributed by atoms with Crippen LogP contribution in [0.4, 0.5) is 17.2 Å². The average Bonchev–Trinajstić information content (AvgIpc) is 2.80. The number of amides is 1. The predicted molar refractivity (Wildman–Crippen MR) is 111 cm³/mol. The summed E-state index contributed by atoms with van der Waals surface area (Å²) in [4.78, 5) is 36.1. The number of piperazine rings is 1. The molecule has 0 atom stereocenters. The van der Waals surface area contributed by atoms with Gasteiger partial charge in [-0.2, -0.15) is 0 Å². The monoisotopic (exact) mass is 407 g/mol. The van der Waals surface area contributed by atoms with Crippen molar-refractivity contribution in [1.82, 2.24) is 30.2 Å². The van der Waals surface area contributed by atoms with Gasteiger partial charge in [0.2, 0.25) is 5.88 Å². The lowest BCUT2D eigenvalue weighted by molar-refractivity contribution is 0.102. The van der Waals surface area contributed by atoms with Gasteiger partial charge in [0, 0.05) is 32.4 Å². The van der Waals surface area contributed by atoms with Crippen LogP contribution in [0.3, 0.4) is 0 Å². The van der Waals surface area contributed by atoms with E-state index >= 15 is 0 Å². The van der Waals surface area contributed by atoms with Gasteiger partial charge in [0.1, 0.15) is 11.4 Å². The normalized spacial score (nSPS) is 13.7. The van der Waals surface area contributed by atoms with E-state index in [0.29, 0.717) is 23.0 Å². The molecular weight excluding hydrogens is 386 g/mol. The van der Waals surface area contributed by atoms with Crippen LogP contribution < -0.4 is 26.0 Å². The summed E-state index contributed by atoms with van der Waals surface area (Å²) in [7, 11) is 1.49. The fourth-order valence-electron chi connectivity index (χ4n) is 3.11. The SMILES string of the molecule is COc1cncc(-c2cnc(N)c(C(=O)Nc3cnccc3N3CCNCC3)n2)n1. The van der Waals surface area contributed by atoms with Crippen molar-refractivity contribution in [2.24, 2.45) is 0 Å². The molecule has 0 bridgehead atoms. The molecule has 0 spiro atoms. The van der Waals surface area contributed by atoms with Gasteiger partial charge in [-0.3, -0.25) is 14.8 Å². The van der Waals surface area contributed by atoms with Gasteiger partial charge < -0.3 is 26.0 Å². The van der Waals surface area contributed by atoms with Crippen LogP contribution in [0, 0.1) is 0 Å². The van der Waals surface area contributed by atoms with E-state index < -0.39 is 5.91 Å². The van der Waals surface area contributed by atoms with Gasteiger partial charge in [-0.05, 0) is 6.07 Å². The topological polar surface area (TPSA) is 144 Å². The van der Waals surface area contributed by atoms with E-state index in [1.165, 1.54) is 25.7 Å². The lowest BCUT2D eigenvalue weighted by Crippen LogP contribution is -2.43. The van der Waals surface area contributed by atoms with Crippen molar-refractivity contribution in [3.63, 3.8) is 0 Å². The smallest absolute Gasteiger partial charge is 0.278 e. The third-order valence-corrected chi connectivity index (χ3v) is 4.60. The zero-order valence-electron chi connectivity index (χ0n) is 16.4. The number of nitrogens with two attached hydrogens (primary N) is 1. The summed E-state index contributed by atoms with van der Waals surface area (Å²) in [6, 6.07) is 1.87. The van der Waals surface area contributed by atoms with Crippen molar-refractivity contribution >= 4 is 23.1 Å². The minimum absolute atomic E-state index is 0.00719. The van der Waals surface area contributed by atoms with Crippen LogP contribution in [0.25, 0.3) is 11.4 Å². The standard InChI is InChI=1S/C19H21N9O2/c1-30-16-11-23-8-12(25-16)13-10-24-18(20)17(26-13)19(29)27-14-9-22-3-2-15(14)28-6-4-21-5-7-28/h2-3,8-11,21H,4-7H2,1H3,(H2,20,24)(H,27,29). The van der Waals surface area contributed by atoms with E-state index in [1.54, 1.807) is 12.4 Å². The number of carbonyl (C=O) groups is 1. The number of hydrogen-bond acceptors (Lipinski definition) is 10. The number of hydrogen-bond donors (Lipinski definition) is 3. The third-order valence-electron chi connectivity index (χ3n) is 4.60. The van der Waals surface area contributed by atoms with Crippen molar-refractivity contribution in [2.75, 3.05) is 49.2 Å². The van der Waals surface area contributed by atoms with Gasteiger partial charge in [0.05, 0.1) is 43.3 Å². The second kappa shape index (κ2) is 8.66. The lowest BCUT2D eigenvalue weighted by atomic mass is 10.2. The lowest BCUT2D eigenvalue weighted by Gasteiger charge is -2.30. The molecule has 1 saturated heterocycles. The third kappa shape index (κ3) is 4.10. The van der Waals surface area contributed by atoms with Crippen molar-refractivity contribution in [3.8, 4) is 17.3 Å². The average molecular weight is 407 g/mol. The Kier molecular flexibility index (Phi) is 5.61. The molecule has 3 aromatic rings. The first-order chi connectivity index (χ1) is 14.7. The molecule has 1 amide bonds. The number of aromatic nitrogens is 5. The fraction of sp³-hybridized carbons (Fsp3) is 0.263. The largest absolute Gasteiger partial charge is 0.480 e. The number of nitrogens with zero attached hydrogens (tertiary/aromatic N) is 6. The van der Waals surface area contributed by atoms with Crippen LogP contribution in [-0.4, -0.2) is 64.1 Å². The van der Waals surface area contributed by atoms with Crippen molar-refractivity contribution in [3.05, 3.63) is 42.7 Å². The maximum Gasteiger partial charge on any atom is 0.278 e. The van der Waals surface area contributed by atoms with Crippen LogP contribution in [0.5, 0.6) is 5.88 Å². The Hall–Kier alpha value is -3.86. The Morgan fingerprint density at radius 3 is 2.73 bits per heavy atom. The number of pyridine rings is 1. The van der Waals surface area contributed by atoms with Crippen LogP contribution in [0.15, 0.2) is 37.1 Å². The van der Waals surface area contributed by atoms with Crippen molar-refractivity contribution in [1.29, 1.82) is 0 Å². The molecule has 4 N–H and O–H groups in total. The van der Waals surface area contributed by atoms with E-state index in [9.17, 15) is 4.79 Å². The summed E-state index contributed by atoms with van der Waals surface area (Å²) >= 11 is 0. The van der Waals surface area contributed by atoms with Crippen LogP contribution >= 0.6 is 0 Å². The molecule has 0 unspecified atom stereocenters. The highest BCUT2D eigenvalue weighted by atomic mass is 16.5. The summed E-state index contributed by atoms with van der Waals surface area (Å²) < 4.78 is 5.09. The van der Waals surface area contributed by atoms with E-state index in [4.69, 9.17) is 10.5 Å². The molecule has 0 aromatic carbocycles. The highest BCUT2D eigenvalue weighted by molar-refractivity contribution is 6.07. The van der Waals surface area contributed by atoms with Crippen molar-refractivity contribution in [2.45, 2.75) is 0 Å². The Balaban J connectivity index is 1.61. The molecule has 4 heterocycles. The molecule has 0 saturated carbocycles. The second-order valence-corrected chi connectivity index (χ2v) is 6.52. The summed E-state index contributed by atoms with van der Waals surface area (Å²) in [6.07, 6.45) is 7.72. The van der Waals surface area contributed by atoms with E-state index in [0.717, 1.165) is 31.9 Å². The molecule has 11 heteroatoms. The predicted octanol–water partition coefficient (Wildman–Crippen LogP) is 0.581. The molecule has 30 heavy (non-hydrogen) atoms. The molecule has 3 aromatic heterocycles. The van der Waals surface area contributed by atoms with E-state index in [-0.39, 0.29) is 11.5 Å². The Labute approximate surface area is 172 Å². The van der Waals surface area contributed by atoms with Gasteiger partial charge >= 0.3 is 0 Å². The number of nitrogens with one attached hydrogen (secondary N) is 2. The number of carbonyl (C=O) groups excluding carboxylic acids is 1. The molecule has 1 aliphatic heterocycles. The summed E-state index contributed by atoms with van der Waals surface area (Å²) in [5.41, 5.74) is 8.16. The Bertz CT molecular complexity index is 1050. The van der Waals surface area contributed by atoms with Gasteiger partial charge in [-0.1, -0.05) is 0 Å². The maximum atomic E-state index is 13.0. The Morgan fingerprint density at radius 2 is 1.93 bits per heavy atom. The molecule has 0 aliphatic carbocycles. The first kappa shape index (κ1) is 19.5. The molecular formula is C19H21N9O2. The molecule has 11 nitrogen and oxygen atoms in total. The van der Waals surface area contributed by atoms with Gasteiger partial charge in [0.15, 0.2) is 11.5 Å². The summed E-state index contributed by atoms with van der Waals surface area (Å²) in [5, 5.41) is 6.17. The summed E-state index contributed by atoms with van der Waals surface area (Å²) in [5.74, 6) is -0.144. The highest BCUT2D eigenvalue weighted by Gasteiger charge is 2.20. The second-order valence-electron chi connectivity index (χ2n) is 6.52. The van der Waals surface area contributed by atoms with Crippen LogP contribution in [-0.2, 0) is 0 Å². The van der Waals surface area contributed by atoms with Gasteiger partial charge in [-0.25, -0.2) is 15.0 Å². The zero-order valence-corrected chi connectivity index (χ0v) is 16.4. The molecule has 4 rings (SSSR count). The number of nitrogen functional groups attached to an aromatic ring is 1. The number of ether oxygens (including phenoxy) is 1. The first-order valence-corrected chi connectivity index (χ1v) is 9.35. The zero-order chi connectivity index (χ0) is 20.9. The number of methoxy groups -OCH3 is 1. The van der Waals surface area contributed by atoms with Gasteiger partial charge in [0.25, 0.3) is 5.91 Å². The molecule has 0 radical (unpaired) electrons. The molecule has 154 valence electrons. The fourth-order valence-corrected chi connectivity index (χ4v) is 3.11. The van der Waals surface area contributed by atoms with Gasteiger partial charge in [-0.15, -0.1) is 0 Å². The Morgan fingerprint density at radius 1 is 1.13 bits per heavy atom. The quantitative estimate of drug-likeness (QED) is 0.549. The van der Waals surface area contributed by atoms with E-state index in [1.807, 2.05) is 6.07 Å². The molecule has 1 fully saturated rings. The van der Waals surface area contributed by atoms with Crippen LogP contribution in [0.1, 0.15) is 10.5 Å². The summed E-state index contributed by atoms with van der Waals surface area (Å²) in [6.45, 7) is 3.41. The highest BCUT2D eigenvalue weighted by Crippen LogP contribution is 2.26. The molecule has 1 aliphatic rings. The first-order valence-electron chi connectivity index (χ1n) is 9.35. The van der Waals surface area contributed by atoms with E-state index in [2.05, 4.69) is 40.5 Å². The minimum atomic E-state index is -0.484. The minimum Gasteiger partial charge on any atom is -0.480 e. The van der Waals surface area contributed by atoms with Crippen molar-refractivity contribution < 1.29 is 9.53 Å². The number of rotatable bonds is 5. The van der Waals surface area contributed by atoms with Crippen LogP contribution in [0.2, 0.25) is 0 Å².